The van der Waals surface area contributed by atoms with Gasteiger partial charge in [-0.2, -0.15) is 8.42 Å². The molecule has 0 aliphatic rings. The van der Waals surface area contributed by atoms with Crippen molar-refractivity contribution in [3.63, 3.8) is 0 Å². The standard InChI is InChI=1S/C9H18N6O4S.H2O/c1-5(2)14(6(3)4)9-12-7(10)15(8(11)13-9)19-20(16,17)18;/h5-6H,1-4H3,(H4,10,11,12,13,16,17,18);1H2. The molecule has 1 heterocycles. The van der Waals surface area contributed by atoms with Crippen LogP contribution in [0.4, 0.5) is 17.8 Å². The first-order valence-electron chi connectivity index (χ1n) is 5.83. The molecule has 11 nitrogen and oxygen atoms in total. The van der Waals surface area contributed by atoms with E-state index in [0.29, 0.717) is 4.73 Å². The predicted octanol–water partition coefficient (Wildman–Crippen LogP) is -1.39. The highest BCUT2D eigenvalue weighted by atomic mass is 32.3. The van der Waals surface area contributed by atoms with Crippen LogP contribution < -0.4 is 25.4 Å². The third-order valence-corrected chi connectivity index (χ3v) is 2.70. The van der Waals surface area contributed by atoms with Crippen molar-refractivity contribution in [1.29, 1.82) is 0 Å². The molecule has 0 bridgehead atoms. The molecule has 0 aliphatic heterocycles. The molecule has 0 saturated carbocycles. The van der Waals surface area contributed by atoms with Crippen molar-refractivity contribution in [2.24, 2.45) is 0 Å². The number of nitrogens with two attached hydrogens (primary N) is 2. The summed E-state index contributed by atoms with van der Waals surface area (Å²) in [5.41, 5.74) is 11.1. The summed E-state index contributed by atoms with van der Waals surface area (Å²) in [5, 5.41) is 0. The molecule has 0 aromatic carbocycles. The average Bonchev–Trinajstić information content (AvgIpc) is 2.21. The Balaban J connectivity index is 0.00000400. The van der Waals surface area contributed by atoms with Crippen molar-refractivity contribution in [3.05, 3.63) is 0 Å². The highest BCUT2D eigenvalue weighted by Crippen LogP contribution is 2.15. The fraction of sp³-hybridized carbons (Fsp3) is 0.667. The lowest BCUT2D eigenvalue weighted by Gasteiger charge is -2.28. The van der Waals surface area contributed by atoms with Gasteiger partial charge in [0.1, 0.15) is 0 Å². The summed E-state index contributed by atoms with van der Waals surface area (Å²) in [7, 11) is -4.78. The van der Waals surface area contributed by atoms with E-state index in [-0.39, 0.29) is 35.4 Å². The molecule has 0 unspecified atom stereocenters. The lowest BCUT2D eigenvalue weighted by molar-refractivity contribution is -0.836. The SMILES string of the molecule is CC(C)N(c1nc(N)[n+](OS(=O)(=O)O)c(N)n1)C(C)C.[OH-]. The van der Waals surface area contributed by atoms with E-state index in [2.05, 4.69) is 14.3 Å². The van der Waals surface area contributed by atoms with Gasteiger partial charge in [0, 0.05) is 12.1 Å². The van der Waals surface area contributed by atoms with Crippen LogP contribution in [0, 0.1) is 0 Å². The highest BCUT2D eigenvalue weighted by Gasteiger charge is 2.27. The van der Waals surface area contributed by atoms with Gasteiger partial charge < -0.3 is 21.8 Å². The van der Waals surface area contributed by atoms with E-state index in [4.69, 9.17) is 16.0 Å². The molecule has 0 radical (unpaired) electrons. The minimum atomic E-state index is -4.78. The van der Waals surface area contributed by atoms with Gasteiger partial charge in [-0.25, -0.2) is 4.28 Å². The van der Waals surface area contributed by atoms with Crippen LogP contribution in [0.3, 0.4) is 0 Å². The molecule has 0 aliphatic carbocycles. The first kappa shape index (κ1) is 19.1. The van der Waals surface area contributed by atoms with Gasteiger partial charge in [-0.1, -0.05) is 9.97 Å². The van der Waals surface area contributed by atoms with Crippen LogP contribution in [-0.2, 0) is 10.4 Å². The Bertz CT molecular complexity index is 559. The maximum absolute atomic E-state index is 10.7. The Morgan fingerprint density at radius 1 is 1.14 bits per heavy atom. The zero-order chi connectivity index (χ0) is 15.7. The van der Waals surface area contributed by atoms with Crippen LogP contribution in [0.25, 0.3) is 0 Å². The van der Waals surface area contributed by atoms with E-state index in [1.807, 2.05) is 32.6 Å². The Kier molecular flexibility index (Phi) is 6.08. The Morgan fingerprint density at radius 3 is 1.81 bits per heavy atom. The van der Waals surface area contributed by atoms with Crippen molar-refractivity contribution in [1.82, 2.24) is 9.97 Å². The smallest absolute Gasteiger partial charge is 0.472 e. The number of hydrogen-bond acceptors (Lipinski definition) is 9. The molecule has 0 spiro atoms. The van der Waals surface area contributed by atoms with Crippen LogP contribution in [0.15, 0.2) is 0 Å². The van der Waals surface area contributed by atoms with Gasteiger partial charge in [0.25, 0.3) is 0 Å². The molecule has 0 fully saturated rings. The van der Waals surface area contributed by atoms with Crippen molar-refractivity contribution < 1.29 is 27.5 Å². The summed E-state index contributed by atoms with van der Waals surface area (Å²) < 4.78 is 34.6. The van der Waals surface area contributed by atoms with Crippen LogP contribution in [0.1, 0.15) is 27.7 Å². The van der Waals surface area contributed by atoms with Gasteiger partial charge in [0.05, 0.1) is 0 Å². The Morgan fingerprint density at radius 2 is 1.52 bits per heavy atom. The maximum Gasteiger partial charge on any atom is 0.472 e. The molecule has 1 rings (SSSR count). The quantitative estimate of drug-likeness (QED) is 0.431. The molecule has 21 heavy (non-hydrogen) atoms. The zero-order valence-corrected chi connectivity index (χ0v) is 12.9. The van der Waals surface area contributed by atoms with Crippen molar-refractivity contribution >= 4 is 28.2 Å². The summed E-state index contributed by atoms with van der Waals surface area (Å²) in [6, 6.07) is 0.152. The van der Waals surface area contributed by atoms with Gasteiger partial charge >= 0.3 is 28.2 Å². The number of anilines is 3. The lowest BCUT2D eigenvalue weighted by Crippen LogP contribution is -2.52. The second kappa shape index (κ2) is 6.69. The molecular formula is C9H20N6O5S. The summed E-state index contributed by atoms with van der Waals surface area (Å²) in [5.74, 6) is -0.465. The predicted molar refractivity (Wildman–Crippen MR) is 73.9 cm³/mol. The fourth-order valence-corrected chi connectivity index (χ4v) is 2.12. The summed E-state index contributed by atoms with van der Waals surface area (Å²) in [6.45, 7) is 7.74. The number of nitrogen functional groups attached to an aromatic ring is 2. The second-order valence-electron chi connectivity index (χ2n) is 4.63. The summed E-state index contributed by atoms with van der Waals surface area (Å²) >= 11 is 0. The van der Waals surface area contributed by atoms with E-state index in [1.54, 1.807) is 0 Å². The van der Waals surface area contributed by atoms with E-state index >= 15 is 0 Å². The average molecular weight is 324 g/mol. The van der Waals surface area contributed by atoms with Gasteiger partial charge in [-0.05, 0) is 32.4 Å². The van der Waals surface area contributed by atoms with Crippen LogP contribution in [0.2, 0.25) is 0 Å². The largest absolute Gasteiger partial charge is 0.870 e. The number of hydrogen-bond donors (Lipinski definition) is 3. The molecule has 0 amide bonds. The Hall–Kier alpha value is -1.92. The molecule has 12 heteroatoms. The second-order valence-corrected chi connectivity index (χ2v) is 5.64. The van der Waals surface area contributed by atoms with Crippen molar-refractivity contribution in [2.45, 2.75) is 39.8 Å². The van der Waals surface area contributed by atoms with Crippen LogP contribution >= 0.6 is 0 Å². The topological polar surface area (TPSA) is 179 Å². The number of aromatic nitrogens is 3. The fourth-order valence-electron chi connectivity index (χ4n) is 1.78. The third-order valence-electron chi connectivity index (χ3n) is 2.36. The highest BCUT2D eigenvalue weighted by molar-refractivity contribution is 7.80. The summed E-state index contributed by atoms with van der Waals surface area (Å²) in [6.07, 6.45) is 0. The Labute approximate surface area is 122 Å². The monoisotopic (exact) mass is 324 g/mol. The number of rotatable bonds is 5. The molecular weight excluding hydrogens is 304 g/mol. The van der Waals surface area contributed by atoms with Crippen molar-refractivity contribution in [2.75, 3.05) is 16.4 Å². The molecule has 0 atom stereocenters. The van der Waals surface area contributed by atoms with E-state index in [9.17, 15) is 8.42 Å². The molecule has 1 aromatic rings. The maximum atomic E-state index is 10.7. The van der Waals surface area contributed by atoms with Gasteiger partial charge in [-0.3, -0.25) is 4.55 Å². The normalized spacial score (nSPS) is 11.4. The minimum absolute atomic E-state index is 0. The van der Waals surface area contributed by atoms with Crippen LogP contribution in [0.5, 0.6) is 0 Å². The van der Waals surface area contributed by atoms with E-state index in [0.717, 1.165) is 0 Å². The van der Waals surface area contributed by atoms with E-state index in [1.165, 1.54) is 0 Å². The van der Waals surface area contributed by atoms with Crippen LogP contribution in [-0.4, -0.2) is 40.5 Å². The van der Waals surface area contributed by atoms with Crippen molar-refractivity contribution in [3.8, 4) is 0 Å². The van der Waals surface area contributed by atoms with Gasteiger partial charge in [-0.15, -0.1) is 0 Å². The molecule has 122 valence electrons. The zero-order valence-electron chi connectivity index (χ0n) is 12.1. The molecule has 0 saturated heterocycles. The van der Waals surface area contributed by atoms with Gasteiger partial charge in [0.15, 0.2) is 0 Å². The first-order valence-corrected chi connectivity index (χ1v) is 7.20. The van der Waals surface area contributed by atoms with E-state index < -0.39 is 10.4 Å². The number of nitrogens with zero attached hydrogens (tertiary/aromatic N) is 4. The first-order chi connectivity index (χ1) is 9.03. The van der Waals surface area contributed by atoms with Gasteiger partial charge in [0.2, 0.25) is 0 Å². The summed E-state index contributed by atoms with van der Waals surface area (Å²) in [4.78, 5) is 9.71. The molecule has 6 N–H and O–H groups in total. The molecule has 1 aromatic heterocycles. The third kappa shape index (κ3) is 4.84. The minimum Gasteiger partial charge on any atom is -0.870 e. The lowest BCUT2D eigenvalue weighted by atomic mass is 10.2.